The zero-order valence-corrected chi connectivity index (χ0v) is 13.8. The predicted octanol–water partition coefficient (Wildman–Crippen LogP) is 3.49. The lowest BCUT2D eigenvalue weighted by Crippen LogP contribution is -2.14. The molecule has 1 N–H and O–H groups in total. The minimum absolute atomic E-state index is 0.0154. The van der Waals surface area contributed by atoms with Gasteiger partial charge in [-0.2, -0.15) is 0 Å². The predicted molar refractivity (Wildman–Crippen MR) is 93.1 cm³/mol. The molecule has 1 amide bonds. The molecule has 2 aromatic rings. The summed E-state index contributed by atoms with van der Waals surface area (Å²) in [6.07, 6.45) is 0. The fraction of sp³-hybridized carbons (Fsp3) is 0.235. The Labute approximate surface area is 135 Å². The van der Waals surface area contributed by atoms with Crippen molar-refractivity contribution in [2.24, 2.45) is 0 Å². The highest BCUT2D eigenvalue weighted by Gasteiger charge is 2.04. The van der Waals surface area contributed by atoms with Crippen molar-refractivity contribution in [2.45, 2.75) is 4.90 Å². The maximum absolute atomic E-state index is 12.0. The Balaban J connectivity index is 1.84. The topological polar surface area (TPSA) is 41.6 Å². The van der Waals surface area contributed by atoms with Crippen molar-refractivity contribution in [3.8, 4) is 5.75 Å². The molecule has 0 saturated carbocycles. The van der Waals surface area contributed by atoms with Gasteiger partial charge in [-0.15, -0.1) is 11.8 Å². The Morgan fingerprint density at radius 2 is 1.73 bits per heavy atom. The van der Waals surface area contributed by atoms with Crippen molar-refractivity contribution in [2.75, 3.05) is 37.2 Å². The summed E-state index contributed by atoms with van der Waals surface area (Å²) in [7, 11) is 5.61. The van der Waals surface area contributed by atoms with Gasteiger partial charge < -0.3 is 15.0 Å². The average molecular weight is 316 g/mol. The van der Waals surface area contributed by atoms with Gasteiger partial charge in [0.05, 0.1) is 12.9 Å². The molecule has 2 rings (SSSR count). The third-order valence-corrected chi connectivity index (χ3v) is 4.11. The number of methoxy groups -OCH3 is 1. The second-order valence-electron chi connectivity index (χ2n) is 4.95. The molecule has 4 nitrogen and oxygen atoms in total. The molecule has 0 saturated heterocycles. The summed E-state index contributed by atoms with van der Waals surface area (Å²) in [4.78, 5) is 15.0. The molecule has 0 heterocycles. The second kappa shape index (κ2) is 7.75. The maximum Gasteiger partial charge on any atom is 0.234 e. The van der Waals surface area contributed by atoms with Crippen LogP contribution in [0.4, 0.5) is 11.4 Å². The zero-order chi connectivity index (χ0) is 15.9. The van der Waals surface area contributed by atoms with E-state index in [1.165, 1.54) is 11.8 Å². The van der Waals surface area contributed by atoms with Crippen LogP contribution in [-0.4, -0.2) is 32.9 Å². The monoisotopic (exact) mass is 316 g/mol. The average Bonchev–Trinajstić information content (AvgIpc) is 2.54. The summed E-state index contributed by atoms with van der Waals surface area (Å²) in [6, 6.07) is 15.4. The lowest BCUT2D eigenvalue weighted by Gasteiger charge is -2.13. The van der Waals surface area contributed by atoms with Crippen LogP contribution in [0.3, 0.4) is 0 Å². The van der Waals surface area contributed by atoms with Gasteiger partial charge in [0.15, 0.2) is 0 Å². The number of carbonyl (C=O) groups excluding carboxylic acids is 1. The Bertz CT molecular complexity index is 610. The molecule has 2 aromatic carbocycles. The minimum atomic E-state index is -0.0154. The highest BCUT2D eigenvalue weighted by atomic mass is 32.2. The lowest BCUT2D eigenvalue weighted by molar-refractivity contribution is -0.113. The van der Waals surface area contributed by atoms with E-state index in [1.807, 2.05) is 67.5 Å². The molecule has 5 heteroatoms. The van der Waals surface area contributed by atoms with Crippen LogP contribution in [0.15, 0.2) is 53.4 Å². The Morgan fingerprint density at radius 3 is 2.27 bits per heavy atom. The lowest BCUT2D eigenvalue weighted by atomic mass is 10.2. The molecule has 22 heavy (non-hydrogen) atoms. The summed E-state index contributed by atoms with van der Waals surface area (Å²) in [6.45, 7) is 0. The first-order valence-electron chi connectivity index (χ1n) is 6.92. The minimum Gasteiger partial charge on any atom is -0.497 e. The molecule has 0 fully saturated rings. The molecule has 0 radical (unpaired) electrons. The van der Waals surface area contributed by atoms with Gasteiger partial charge in [-0.05, 0) is 48.5 Å². The van der Waals surface area contributed by atoms with Crippen molar-refractivity contribution >= 4 is 29.0 Å². The number of amides is 1. The van der Waals surface area contributed by atoms with Gasteiger partial charge in [-0.3, -0.25) is 4.79 Å². The largest absolute Gasteiger partial charge is 0.497 e. The molecule has 116 valence electrons. The third kappa shape index (κ3) is 4.70. The van der Waals surface area contributed by atoms with Crippen LogP contribution in [0.5, 0.6) is 5.75 Å². The van der Waals surface area contributed by atoms with Gasteiger partial charge >= 0.3 is 0 Å². The van der Waals surface area contributed by atoms with Crippen LogP contribution in [-0.2, 0) is 4.79 Å². The SMILES string of the molecule is COc1ccc(SCC(=O)Nc2ccc(N(C)C)cc2)cc1. The molecule has 0 bridgehead atoms. The number of ether oxygens (including phenoxy) is 1. The van der Waals surface area contributed by atoms with E-state index < -0.39 is 0 Å². The van der Waals surface area contributed by atoms with Gasteiger partial charge in [-0.25, -0.2) is 0 Å². The van der Waals surface area contributed by atoms with Crippen LogP contribution in [0.1, 0.15) is 0 Å². The van der Waals surface area contributed by atoms with Crippen molar-refractivity contribution in [3.63, 3.8) is 0 Å². The first-order valence-corrected chi connectivity index (χ1v) is 7.91. The highest BCUT2D eigenvalue weighted by Crippen LogP contribution is 2.22. The van der Waals surface area contributed by atoms with Crippen molar-refractivity contribution < 1.29 is 9.53 Å². The normalized spacial score (nSPS) is 10.1. The zero-order valence-electron chi connectivity index (χ0n) is 13.0. The van der Waals surface area contributed by atoms with E-state index in [9.17, 15) is 4.79 Å². The van der Waals surface area contributed by atoms with Crippen molar-refractivity contribution in [3.05, 3.63) is 48.5 Å². The Morgan fingerprint density at radius 1 is 1.09 bits per heavy atom. The molecule has 0 aliphatic rings. The molecule has 0 atom stereocenters. The van der Waals surface area contributed by atoms with E-state index in [-0.39, 0.29) is 5.91 Å². The molecule has 0 spiro atoms. The summed E-state index contributed by atoms with van der Waals surface area (Å²) in [5, 5.41) is 2.90. The summed E-state index contributed by atoms with van der Waals surface area (Å²) < 4.78 is 5.11. The van der Waals surface area contributed by atoms with Gasteiger partial charge in [-0.1, -0.05) is 0 Å². The van der Waals surface area contributed by atoms with Crippen LogP contribution in [0.2, 0.25) is 0 Å². The standard InChI is InChI=1S/C17H20N2O2S/c1-19(2)14-6-4-13(5-7-14)18-17(20)12-22-16-10-8-15(21-3)9-11-16/h4-11H,12H2,1-3H3,(H,18,20). The first-order chi connectivity index (χ1) is 10.6. The van der Waals surface area contributed by atoms with Crippen LogP contribution < -0.4 is 15.0 Å². The number of anilines is 2. The maximum atomic E-state index is 12.0. The number of nitrogens with zero attached hydrogens (tertiary/aromatic N) is 1. The molecule has 0 aliphatic carbocycles. The molecular weight excluding hydrogens is 296 g/mol. The fourth-order valence-electron chi connectivity index (χ4n) is 1.86. The Hall–Kier alpha value is -2.14. The number of hydrogen-bond donors (Lipinski definition) is 1. The van der Waals surface area contributed by atoms with Gasteiger partial charge in [0.1, 0.15) is 5.75 Å². The van der Waals surface area contributed by atoms with E-state index in [1.54, 1.807) is 7.11 Å². The molecule has 0 aliphatic heterocycles. The van der Waals surface area contributed by atoms with Crippen molar-refractivity contribution in [1.82, 2.24) is 0 Å². The second-order valence-corrected chi connectivity index (χ2v) is 6.00. The molecule has 0 aromatic heterocycles. The van der Waals surface area contributed by atoms with E-state index in [2.05, 4.69) is 5.32 Å². The third-order valence-electron chi connectivity index (χ3n) is 3.10. The number of carbonyl (C=O) groups is 1. The summed E-state index contributed by atoms with van der Waals surface area (Å²) in [5.74, 6) is 1.18. The quantitative estimate of drug-likeness (QED) is 0.828. The Kier molecular flexibility index (Phi) is 5.72. The first kappa shape index (κ1) is 16.2. The summed E-state index contributed by atoms with van der Waals surface area (Å²) >= 11 is 1.50. The van der Waals surface area contributed by atoms with E-state index >= 15 is 0 Å². The van der Waals surface area contributed by atoms with E-state index in [0.717, 1.165) is 22.0 Å². The number of rotatable bonds is 6. The van der Waals surface area contributed by atoms with Crippen LogP contribution in [0, 0.1) is 0 Å². The highest BCUT2D eigenvalue weighted by molar-refractivity contribution is 8.00. The number of nitrogens with one attached hydrogen (secondary N) is 1. The number of thioether (sulfide) groups is 1. The van der Waals surface area contributed by atoms with Crippen molar-refractivity contribution in [1.29, 1.82) is 0 Å². The number of hydrogen-bond acceptors (Lipinski definition) is 4. The van der Waals surface area contributed by atoms with E-state index in [0.29, 0.717) is 5.75 Å². The van der Waals surface area contributed by atoms with Crippen LogP contribution >= 0.6 is 11.8 Å². The molecule has 0 unspecified atom stereocenters. The number of benzene rings is 2. The van der Waals surface area contributed by atoms with Gasteiger partial charge in [0.25, 0.3) is 0 Å². The van der Waals surface area contributed by atoms with Crippen LogP contribution in [0.25, 0.3) is 0 Å². The van der Waals surface area contributed by atoms with E-state index in [4.69, 9.17) is 4.74 Å². The summed E-state index contributed by atoms with van der Waals surface area (Å²) in [5.41, 5.74) is 1.91. The molecular formula is C17H20N2O2S. The smallest absolute Gasteiger partial charge is 0.234 e. The van der Waals surface area contributed by atoms with Gasteiger partial charge in [0.2, 0.25) is 5.91 Å². The van der Waals surface area contributed by atoms with Gasteiger partial charge in [0, 0.05) is 30.4 Å². The fourth-order valence-corrected chi connectivity index (χ4v) is 2.56.